The second-order valence-electron chi connectivity index (χ2n) is 3.44. The Morgan fingerprint density at radius 2 is 1.83 bits per heavy atom. The zero-order valence-corrected chi connectivity index (χ0v) is 10.1. The largest absolute Gasteiger partial charge is 0.382 e. The summed E-state index contributed by atoms with van der Waals surface area (Å²) in [5.41, 5.74) is 6.87. The minimum atomic E-state index is -2.46. The van der Waals surface area contributed by atoms with E-state index in [1.807, 2.05) is 0 Å². The van der Waals surface area contributed by atoms with Crippen molar-refractivity contribution in [2.45, 2.75) is 10.7 Å². The van der Waals surface area contributed by atoms with E-state index < -0.39 is 5.76 Å². The van der Waals surface area contributed by atoms with Crippen molar-refractivity contribution in [3.05, 3.63) is 42.6 Å². The van der Waals surface area contributed by atoms with E-state index in [1.54, 1.807) is 42.6 Å². The maximum Gasteiger partial charge on any atom is 0.288 e. The highest BCUT2D eigenvalue weighted by Gasteiger charge is 2.10. The summed E-state index contributed by atoms with van der Waals surface area (Å²) >= 11 is 0.493. The molecule has 3 nitrogen and oxygen atoms in total. The maximum absolute atomic E-state index is 12.4. The number of aromatic nitrogens is 1. The van der Waals surface area contributed by atoms with Gasteiger partial charge in [-0.05, 0) is 24.3 Å². The molecular weight excluding hydrogens is 256 g/mol. The highest BCUT2D eigenvalue weighted by atomic mass is 32.2. The maximum atomic E-state index is 12.4. The number of para-hydroxylation sites is 1. The van der Waals surface area contributed by atoms with Crippen molar-refractivity contribution < 1.29 is 8.78 Å². The average Bonchev–Trinajstić information content (AvgIpc) is 2.34. The quantitative estimate of drug-likeness (QED) is 0.829. The predicted molar refractivity (Wildman–Crippen MR) is 70.2 cm³/mol. The van der Waals surface area contributed by atoms with Crippen LogP contribution in [0.25, 0.3) is 0 Å². The Morgan fingerprint density at radius 3 is 2.56 bits per heavy atom. The van der Waals surface area contributed by atoms with Gasteiger partial charge in [-0.2, -0.15) is 8.78 Å². The van der Waals surface area contributed by atoms with Gasteiger partial charge in [0.2, 0.25) is 0 Å². The number of alkyl halides is 2. The number of nitrogens with one attached hydrogen (secondary N) is 1. The van der Waals surface area contributed by atoms with Crippen LogP contribution < -0.4 is 11.1 Å². The topological polar surface area (TPSA) is 50.9 Å². The molecule has 18 heavy (non-hydrogen) atoms. The van der Waals surface area contributed by atoms with Gasteiger partial charge in [0.25, 0.3) is 5.76 Å². The van der Waals surface area contributed by atoms with Crippen LogP contribution in [0.1, 0.15) is 0 Å². The average molecular weight is 267 g/mol. The first-order valence-electron chi connectivity index (χ1n) is 5.18. The van der Waals surface area contributed by atoms with Gasteiger partial charge in [-0.25, -0.2) is 4.98 Å². The number of rotatable bonds is 4. The number of benzene rings is 1. The summed E-state index contributed by atoms with van der Waals surface area (Å²) in [6, 6.07) is 10.3. The summed E-state index contributed by atoms with van der Waals surface area (Å²) in [5, 5.41) is 3.00. The second kappa shape index (κ2) is 5.68. The molecule has 0 radical (unpaired) electrons. The van der Waals surface area contributed by atoms with Crippen molar-refractivity contribution in [1.82, 2.24) is 4.98 Å². The first-order chi connectivity index (χ1) is 8.66. The lowest BCUT2D eigenvalue weighted by Crippen LogP contribution is -1.99. The van der Waals surface area contributed by atoms with Gasteiger partial charge in [0.05, 0.1) is 11.4 Å². The Bertz CT molecular complexity index is 534. The highest BCUT2D eigenvalue weighted by Crippen LogP contribution is 2.33. The number of hydrogen-bond acceptors (Lipinski definition) is 4. The fraction of sp³-hybridized carbons (Fsp3) is 0.0833. The molecule has 2 rings (SSSR count). The first kappa shape index (κ1) is 12.6. The summed E-state index contributed by atoms with van der Waals surface area (Å²) < 4.78 is 24.8. The second-order valence-corrected chi connectivity index (χ2v) is 4.47. The molecule has 0 aliphatic rings. The van der Waals surface area contributed by atoms with E-state index in [-0.39, 0.29) is 0 Å². The molecule has 0 saturated carbocycles. The lowest BCUT2D eigenvalue weighted by Gasteiger charge is -2.12. The Balaban J connectivity index is 2.26. The number of pyridine rings is 1. The van der Waals surface area contributed by atoms with Crippen LogP contribution in [0.15, 0.2) is 47.5 Å². The summed E-state index contributed by atoms with van der Waals surface area (Å²) in [6.45, 7) is 0. The molecule has 3 N–H and O–H groups in total. The Morgan fingerprint density at radius 1 is 1.11 bits per heavy atom. The van der Waals surface area contributed by atoms with Crippen LogP contribution in [0, 0.1) is 0 Å². The summed E-state index contributed by atoms with van der Waals surface area (Å²) in [4.78, 5) is 4.39. The van der Waals surface area contributed by atoms with Crippen molar-refractivity contribution in [3.8, 4) is 0 Å². The molecule has 1 aromatic carbocycles. The molecule has 94 valence electrons. The number of nitrogens with zero attached hydrogens (tertiary/aromatic N) is 1. The van der Waals surface area contributed by atoms with E-state index in [2.05, 4.69) is 10.3 Å². The molecule has 1 aromatic heterocycles. The molecule has 0 spiro atoms. The number of halogens is 2. The number of nitrogens with two attached hydrogens (primary N) is 1. The van der Waals surface area contributed by atoms with E-state index in [1.165, 1.54) is 0 Å². The SMILES string of the molecule is Nc1ncccc1Nc1ccccc1SC(F)F. The van der Waals surface area contributed by atoms with Gasteiger partial charge in [-0.1, -0.05) is 23.9 Å². The zero-order valence-electron chi connectivity index (χ0n) is 9.31. The molecule has 0 amide bonds. The van der Waals surface area contributed by atoms with E-state index in [0.717, 1.165) is 0 Å². The molecule has 0 saturated heterocycles. The van der Waals surface area contributed by atoms with Crippen LogP contribution in [0.3, 0.4) is 0 Å². The number of thioether (sulfide) groups is 1. The Labute approximate surface area is 107 Å². The summed E-state index contributed by atoms with van der Waals surface area (Å²) in [6.07, 6.45) is 1.57. The monoisotopic (exact) mass is 267 g/mol. The van der Waals surface area contributed by atoms with Crippen LogP contribution in [-0.4, -0.2) is 10.7 Å². The highest BCUT2D eigenvalue weighted by molar-refractivity contribution is 7.99. The Kier molecular flexibility index (Phi) is 3.99. The van der Waals surface area contributed by atoms with Gasteiger partial charge in [0, 0.05) is 11.1 Å². The number of anilines is 3. The van der Waals surface area contributed by atoms with Gasteiger partial charge < -0.3 is 11.1 Å². The van der Waals surface area contributed by atoms with Crippen LogP contribution in [0.5, 0.6) is 0 Å². The van der Waals surface area contributed by atoms with E-state index >= 15 is 0 Å². The standard InChI is InChI=1S/C12H11F2N3S/c13-12(14)18-10-6-2-1-4-8(10)17-9-5-3-7-16-11(9)15/h1-7,12,17H,(H2,15,16). The molecule has 0 fully saturated rings. The van der Waals surface area contributed by atoms with Crippen LogP contribution in [-0.2, 0) is 0 Å². The molecule has 0 bridgehead atoms. The third-order valence-electron chi connectivity index (χ3n) is 2.21. The molecule has 6 heteroatoms. The van der Waals surface area contributed by atoms with Crippen LogP contribution in [0.4, 0.5) is 26.0 Å². The van der Waals surface area contributed by atoms with Crippen molar-refractivity contribution in [2.24, 2.45) is 0 Å². The van der Waals surface area contributed by atoms with Gasteiger partial charge in [0.1, 0.15) is 5.82 Å². The lowest BCUT2D eigenvalue weighted by atomic mass is 10.3. The molecule has 0 aliphatic heterocycles. The molecule has 0 unspecified atom stereocenters. The fourth-order valence-corrected chi connectivity index (χ4v) is 2.03. The van der Waals surface area contributed by atoms with Gasteiger partial charge in [0.15, 0.2) is 0 Å². The Hall–Kier alpha value is -1.82. The number of hydrogen-bond donors (Lipinski definition) is 2. The van der Waals surface area contributed by atoms with Gasteiger partial charge in [-0.15, -0.1) is 0 Å². The fourth-order valence-electron chi connectivity index (χ4n) is 1.44. The van der Waals surface area contributed by atoms with Crippen molar-refractivity contribution in [1.29, 1.82) is 0 Å². The van der Waals surface area contributed by atoms with E-state index in [4.69, 9.17) is 5.73 Å². The minimum Gasteiger partial charge on any atom is -0.382 e. The molecule has 2 aromatic rings. The van der Waals surface area contributed by atoms with Gasteiger partial charge >= 0.3 is 0 Å². The van der Waals surface area contributed by atoms with Gasteiger partial charge in [-0.3, -0.25) is 0 Å². The van der Waals surface area contributed by atoms with Crippen molar-refractivity contribution in [2.75, 3.05) is 11.1 Å². The third kappa shape index (κ3) is 3.10. The van der Waals surface area contributed by atoms with Crippen LogP contribution in [0.2, 0.25) is 0 Å². The summed E-state index contributed by atoms with van der Waals surface area (Å²) in [7, 11) is 0. The normalized spacial score (nSPS) is 10.6. The predicted octanol–water partition coefficient (Wildman–Crippen LogP) is 3.72. The van der Waals surface area contributed by atoms with E-state index in [0.29, 0.717) is 33.9 Å². The molecular formula is C12H11F2N3S. The third-order valence-corrected chi connectivity index (χ3v) is 3.00. The number of nitrogen functional groups attached to an aromatic ring is 1. The molecule has 0 atom stereocenters. The van der Waals surface area contributed by atoms with E-state index in [9.17, 15) is 8.78 Å². The molecule has 0 aliphatic carbocycles. The first-order valence-corrected chi connectivity index (χ1v) is 6.06. The lowest BCUT2D eigenvalue weighted by molar-refractivity contribution is 0.252. The zero-order chi connectivity index (χ0) is 13.0. The van der Waals surface area contributed by atoms with Crippen LogP contribution >= 0.6 is 11.8 Å². The van der Waals surface area contributed by atoms with Crippen molar-refractivity contribution in [3.63, 3.8) is 0 Å². The molecule has 1 heterocycles. The van der Waals surface area contributed by atoms with Crippen molar-refractivity contribution >= 4 is 29.0 Å². The summed E-state index contributed by atoms with van der Waals surface area (Å²) in [5.74, 6) is -2.13. The minimum absolute atomic E-state index is 0.328. The smallest absolute Gasteiger partial charge is 0.288 e.